The molecule has 0 heterocycles. The molecule has 1 aromatic carbocycles. The topological polar surface area (TPSA) is 78.8 Å². The SMILES string of the molecule is COCC(CCO)Nc1ccc(C(=O)O)c(F)c1F. The van der Waals surface area contributed by atoms with E-state index in [1.54, 1.807) is 0 Å². The van der Waals surface area contributed by atoms with Gasteiger partial charge in [-0.15, -0.1) is 0 Å². The highest BCUT2D eigenvalue weighted by molar-refractivity contribution is 5.88. The summed E-state index contributed by atoms with van der Waals surface area (Å²) < 4.78 is 32.0. The van der Waals surface area contributed by atoms with Crippen LogP contribution in [0.5, 0.6) is 0 Å². The van der Waals surface area contributed by atoms with E-state index in [0.717, 1.165) is 12.1 Å². The molecule has 19 heavy (non-hydrogen) atoms. The molecule has 0 radical (unpaired) electrons. The van der Waals surface area contributed by atoms with Gasteiger partial charge in [0, 0.05) is 13.7 Å². The van der Waals surface area contributed by atoms with Gasteiger partial charge in [-0.05, 0) is 18.6 Å². The van der Waals surface area contributed by atoms with Crippen LogP contribution in [0.4, 0.5) is 14.5 Å². The largest absolute Gasteiger partial charge is 0.478 e. The molecular formula is C12H15F2NO4. The van der Waals surface area contributed by atoms with E-state index in [1.807, 2.05) is 0 Å². The van der Waals surface area contributed by atoms with Gasteiger partial charge < -0.3 is 20.3 Å². The Bertz CT molecular complexity index is 448. The monoisotopic (exact) mass is 275 g/mol. The number of aromatic carboxylic acids is 1. The molecule has 7 heteroatoms. The van der Waals surface area contributed by atoms with E-state index in [2.05, 4.69) is 5.32 Å². The molecule has 0 bridgehead atoms. The number of aliphatic hydroxyl groups excluding tert-OH is 1. The van der Waals surface area contributed by atoms with Crippen LogP contribution >= 0.6 is 0 Å². The van der Waals surface area contributed by atoms with Crippen molar-refractivity contribution in [1.29, 1.82) is 0 Å². The van der Waals surface area contributed by atoms with Gasteiger partial charge in [0.1, 0.15) is 0 Å². The van der Waals surface area contributed by atoms with Crippen molar-refractivity contribution < 1.29 is 28.5 Å². The fourth-order valence-corrected chi connectivity index (χ4v) is 1.60. The number of benzene rings is 1. The molecule has 0 saturated heterocycles. The summed E-state index contributed by atoms with van der Waals surface area (Å²) >= 11 is 0. The highest BCUT2D eigenvalue weighted by atomic mass is 19.2. The molecule has 1 rings (SSSR count). The molecule has 1 aromatic rings. The molecule has 0 spiro atoms. The van der Waals surface area contributed by atoms with Gasteiger partial charge in [-0.3, -0.25) is 0 Å². The summed E-state index contributed by atoms with van der Waals surface area (Å²) in [6.07, 6.45) is 0.287. The number of hydrogen-bond donors (Lipinski definition) is 3. The summed E-state index contributed by atoms with van der Waals surface area (Å²) in [6.45, 7) is 0.0562. The van der Waals surface area contributed by atoms with E-state index in [1.165, 1.54) is 7.11 Å². The molecule has 0 aliphatic heterocycles. The van der Waals surface area contributed by atoms with Gasteiger partial charge in [0.05, 0.1) is 23.9 Å². The highest BCUT2D eigenvalue weighted by Gasteiger charge is 2.19. The maximum atomic E-state index is 13.7. The average molecular weight is 275 g/mol. The zero-order chi connectivity index (χ0) is 14.4. The van der Waals surface area contributed by atoms with Crippen LogP contribution in [0, 0.1) is 11.6 Å². The first-order valence-electron chi connectivity index (χ1n) is 5.58. The number of carboxylic acid groups (broad SMARTS) is 1. The standard InChI is InChI=1S/C12H15F2NO4/c1-19-6-7(4-5-16)15-9-3-2-8(12(17)18)10(13)11(9)14/h2-3,7,15-16H,4-6H2,1H3,(H,17,18). The highest BCUT2D eigenvalue weighted by Crippen LogP contribution is 2.21. The Balaban J connectivity index is 2.95. The second-order valence-electron chi connectivity index (χ2n) is 3.90. The normalized spacial score (nSPS) is 12.2. The van der Waals surface area contributed by atoms with Crippen LogP contribution in [0.15, 0.2) is 12.1 Å². The maximum absolute atomic E-state index is 13.7. The Kier molecular flexibility index (Phi) is 5.65. The van der Waals surface area contributed by atoms with Gasteiger partial charge in [-0.2, -0.15) is 0 Å². The van der Waals surface area contributed by atoms with Crippen LogP contribution in [-0.2, 0) is 4.74 Å². The molecule has 5 nitrogen and oxygen atoms in total. The molecule has 0 amide bonds. The third kappa shape index (κ3) is 3.87. The van der Waals surface area contributed by atoms with Crippen LogP contribution in [0.25, 0.3) is 0 Å². The molecular weight excluding hydrogens is 260 g/mol. The van der Waals surface area contributed by atoms with Crippen LogP contribution in [0.1, 0.15) is 16.8 Å². The van der Waals surface area contributed by atoms with Gasteiger partial charge in [0.15, 0.2) is 11.6 Å². The smallest absolute Gasteiger partial charge is 0.338 e. The lowest BCUT2D eigenvalue weighted by Gasteiger charge is -2.19. The maximum Gasteiger partial charge on any atom is 0.338 e. The van der Waals surface area contributed by atoms with E-state index < -0.39 is 29.2 Å². The number of aliphatic hydroxyl groups is 1. The Morgan fingerprint density at radius 1 is 1.42 bits per heavy atom. The first-order chi connectivity index (χ1) is 9.01. The predicted octanol–water partition coefficient (Wildman–Crippen LogP) is 1.47. The van der Waals surface area contributed by atoms with E-state index in [9.17, 15) is 13.6 Å². The molecule has 0 aromatic heterocycles. The van der Waals surface area contributed by atoms with Crippen molar-refractivity contribution in [2.24, 2.45) is 0 Å². The second-order valence-corrected chi connectivity index (χ2v) is 3.90. The van der Waals surface area contributed by atoms with Gasteiger partial charge in [-0.1, -0.05) is 0 Å². The van der Waals surface area contributed by atoms with E-state index in [-0.39, 0.29) is 25.3 Å². The number of anilines is 1. The van der Waals surface area contributed by atoms with Crippen molar-refractivity contribution in [3.8, 4) is 0 Å². The van der Waals surface area contributed by atoms with Crippen molar-refractivity contribution in [2.45, 2.75) is 12.5 Å². The summed E-state index contributed by atoms with van der Waals surface area (Å²) in [5.74, 6) is -4.22. The number of rotatable bonds is 7. The zero-order valence-corrected chi connectivity index (χ0v) is 10.3. The van der Waals surface area contributed by atoms with Crippen LogP contribution in [-0.4, -0.2) is 42.5 Å². The Morgan fingerprint density at radius 2 is 2.11 bits per heavy atom. The minimum absolute atomic E-state index is 0.141. The Hall–Kier alpha value is -1.73. The quantitative estimate of drug-likeness (QED) is 0.702. The number of halogens is 2. The molecule has 1 unspecified atom stereocenters. The van der Waals surface area contributed by atoms with Crippen LogP contribution in [0.2, 0.25) is 0 Å². The molecule has 0 fully saturated rings. The summed E-state index contributed by atoms with van der Waals surface area (Å²) in [7, 11) is 1.44. The van der Waals surface area contributed by atoms with E-state index in [4.69, 9.17) is 14.9 Å². The molecule has 1 atom stereocenters. The number of ether oxygens (including phenoxy) is 1. The van der Waals surface area contributed by atoms with Crippen molar-refractivity contribution >= 4 is 11.7 Å². The van der Waals surface area contributed by atoms with Crippen molar-refractivity contribution in [3.63, 3.8) is 0 Å². The minimum Gasteiger partial charge on any atom is -0.478 e. The average Bonchev–Trinajstić information content (AvgIpc) is 2.35. The lowest BCUT2D eigenvalue weighted by Crippen LogP contribution is -2.27. The summed E-state index contributed by atoms with van der Waals surface area (Å²) in [6, 6.07) is 1.72. The first-order valence-corrected chi connectivity index (χ1v) is 5.58. The third-order valence-electron chi connectivity index (χ3n) is 2.52. The number of nitrogens with one attached hydrogen (secondary N) is 1. The fraction of sp³-hybridized carbons (Fsp3) is 0.417. The first kappa shape index (κ1) is 15.3. The molecule has 0 aliphatic rings. The van der Waals surface area contributed by atoms with Crippen molar-refractivity contribution in [3.05, 3.63) is 29.3 Å². The van der Waals surface area contributed by atoms with Crippen LogP contribution in [0.3, 0.4) is 0 Å². The van der Waals surface area contributed by atoms with Crippen molar-refractivity contribution in [1.82, 2.24) is 0 Å². The fourth-order valence-electron chi connectivity index (χ4n) is 1.60. The molecule has 3 N–H and O–H groups in total. The second kappa shape index (κ2) is 7.01. The summed E-state index contributed by atoms with van der Waals surface area (Å²) in [5, 5.41) is 20.2. The molecule has 0 saturated carbocycles. The number of carbonyl (C=O) groups is 1. The van der Waals surface area contributed by atoms with E-state index >= 15 is 0 Å². The van der Waals surface area contributed by atoms with E-state index in [0.29, 0.717) is 0 Å². The Morgan fingerprint density at radius 3 is 2.63 bits per heavy atom. The van der Waals surface area contributed by atoms with Gasteiger partial charge in [0.25, 0.3) is 0 Å². The third-order valence-corrected chi connectivity index (χ3v) is 2.52. The number of methoxy groups -OCH3 is 1. The Labute approximate surface area is 108 Å². The molecule has 106 valence electrons. The van der Waals surface area contributed by atoms with Gasteiger partial charge >= 0.3 is 5.97 Å². The predicted molar refractivity (Wildman–Crippen MR) is 64.3 cm³/mol. The van der Waals surface area contributed by atoms with Crippen LogP contribution < -0.4 is 5.32 Å². The summed E-state index contributed by atoms with van der Waals surface area (Å²) in [4.78, 5) is 10.6. The van der Waals surface area contributed by atoms with Gasteiger partial charge in [-0.25, -0.2) is 13.6 Å². The van der Waals surface area contributed by atoms with Gasteiger partial charge in [0.2, 0.25) is 0 Å². The molecule has 0 aliphatic carbocycles. The number of hydrogen-bond acceptors (Lipinski definition) is 4. The summed E-state index contributed by atoms with van der Waals surface area (Å²) in [5.41, 5.74) is -0.897. The number of carboxylic acids is 1. The lowest BCUT2D eigenvalue weighted by molar-refractivity contribution is 0.0690. The van der Waals surface area contributed by atoms with Crippen molar-refractivity contribution in [2.75, 3.05) is 25.6 Å². The zero-order valence-electron chi connectivity index (χ0n) is 10.3. The lowest BCUT2D eigenvalue weighted by atomic mass is 10.1. The minimum atomic E-state index is -1.54.